The number of hydrogen-bond donors (Lipinski definition) is 1. The second kappa shape index (κ2) is 10.5. The molecule has 1 aliphatic rings. The first-order valence-electron chi connectivity index (χ1n) is 11.1. The van der Waals surface area contributed by atoms with Crippen LogP contribution in [0, 0.1) is 6.92 Å². The second-order valence-electron chi connectivity index (χ2n) is 8.15. The number of rotatable bonds is 11. The summed E-state index contributed by atoms with van der Waals surface area (Å²) in [4.78, 5) is 2.31. The summed E-state index contributed by atoms with van der Waals surface area (Å²) in [5.41, 5.74) is 2.73. The van der Waals surface area contributed by atoms with Crippen molar-refractivity contribution in [2.24, 2.45) is 0 Å². The zero-order chi connectivity index (χ0) is 22.5. The Kier molecular flexibility index (Phi) is 7.48. The second-order valence-corrected chi connectivity index (χ2v) is 8.59. The average molecular weight is 456 g/mol. The minimum absolute atomic E-state index is 0.341. The Morgan fingerprint density at radius 3 is 2.66 bits per heavy atom. The van der Waals surface area contributed by atoms with Crippen molar-refractivity contribution in [2.75, 3.05) is 19.8 Å². The number of aromatic nitrogens is 2. The zero-order valence-electron chi connectivity index (χ0n) is 18.6. The van der Waals surface area contributed by atoms with E-state index in [0.29, 0.717) is 43.2 Å². The topological polar surface area (TPSA) is 59.8 Å². The molecule has 1 aliphatic carbocycles. The first kappa shape index (κ1) is 22.8. The Hall–Kier alpha value is -2.38. The fourth-order valence-electron chi connectivity index (χ4n) is 3.77. The number of aliphatic hydroxyl groups excluding tert-OH is 1. The van der Waals surface area contributed by atoms with Gasteiger partial charge < -0.3 is 14.6 Å². The number of benzene rings is 2. The van der Waals surface area contributed by atoms with Gasteiger partial charge in [0.2, 0.25) is 5.88 Å². The third kappa shape index (κ3) is 5.70. The Balaban J connectivity index is 1.67. The van der Waals surface area contributed by atoms with Crippen molar-refractivity contribution in [3.63, 3.8) is 0 Å². The van der Waals surface area contributed by atoms with Gasteiger partial charge in [0.05, 0.1) is 29.7 Å². The van der Waals surface area contributed by atoms with E-state index in [1.807, 2.05) is 73.1 Å². The van der Waals surface area contributed by atoms with Gasteiger partial charge in [0.15, 0.2) is 0 Å². The Morgan fingerprint density at radius 2 is 1.97 bits per heavy atom. The summed E-state index contributed by atoms with van der Waals surface area (Å²) in [6, 6.07) is 17.8. The molecular formula is C25H30ClN3O3. The fraction of sp³-hybridized carbons (Fsp3) is 0.400. The lowest BCUT2D eigenvalue weighted by Gasteiger charge is -2.25. The molecule has 6 nitrogen and oxygen atoms in total. The molecule has 0 bridgehead atoms. The van der Waals surface area contributed by atoms with Gasteiger partial charge in [-0.1, -0.05) is 35.9 Å². The standard InChI is InChI=1S/C25H30ClN3O3/c1-3-31-17-22(30)15-28(20-12-13-20)16-24-18(2)27-29(21-9-7-8-19(26)14-21)25(24)32-23-10-5-4-6-11-23/h4-11,14,20,22,30H,3,12-13,15-17H2,1-2H3. The van der Waals surface area contributed by atoms with Crippen molar-refractivity contribution in [3.8, 4) is 17.3 Å². The molecule has 32 heavy (non-hydrogen) atoms. The lowest BCUT2D eigenvalue weighted by Crippen LogP contribution is -2.36. The van der Waals surface area contributed by atoms with Crippen molar-refractivity contribution < 1.29 is 14.6 Å². The van der Waals surface area contributed by atoms with Gasteiger partial charge in [-0.3, -0.25) is 4.90 Å². The van der Waals surface area contributed by atoms with Gasteiger partial charge >= 0.3 is 0 Å². The highest BCUT2D eigenvalue weighted by molar-refractivity contribution is 6.30. The van der Waals surface area contributed by atoms with Gasteiger partial charge in [-0.15, -0.1) is 0 Å². The van der Waals surface area contributed by atoms with Gasteiger partial charge in [-0.05, 0) is 57.0 Å². The molecule has 1 heterocycles. The lowest BCUT2D eigenvalue weighted by molar-refractivity contribution is 0.0177. The Labute approximate surface area is 194 Å². The maximum absolute atomic E-state index is 10.5. The van der Waals surface area contributed by atoms with Crippen molar-refractivity contribution in [1.29, 1.82) is 0 Å². The van der Waals surface area contributed by atoms with E-state index in [0.717, 1.165) is 35.5 Å². The van der Waals surface area contributed by atoms with Gasteiger partial charge in [0.1, 0.15) is 5.75 Å². The number of nitrogens with zero attached hydrogens (tertiary/aromatic N) is 3. The predicted octanol–water partition coefficient (Wildman–Crippen LogP) is 4.99. The number of ether oxygens (including phenoxy) is 2. The van der Waals surface area contributed by atoms with Crippen LogP contribution in [-0.2, 0) is 11.3 Å². The van der Waals surface area contributed by atoms with Crippen molar-refractivity contribution in [3.05, 3.63) is 70.9 Å². The molecule has 7 heteroatoms. The van der Waals surface area contributed by atoms with E-state index in [-0.39, 0.29) is 0 Å². The number of aryl methyl sites for hydroxylation is 1. The molecule has 1 fully saturated rings. The largest absolute Gasteiger partial charge is 0.439 e. The molecule has 1 saturated carbocycles. The molecule has 0 amide bonds. The van der Waals surface area contributed by atoms with Crippen molar-refractivity contribution in [2.45, 2.75) is 45.4 Å². The third-order valence-electron chi connectivity index (χ3n) is 5.53. The normalized spacial score (nSPS) is 14.7. The summed E-state index contributed by atoms with van der Waals surface area (Å²) in [6.45, 7) is 6.07. The SMILES string of the molecule is CCOCC(O)CN(Cc1c(C)nn(-c2cccc(Cl)c2)c1Oc1ccccc1)C1CC1. The molecule has 0 spiro atoms. The van der Waals surface area contributed by atoms with E-state index in [1.165, 1.54) is 0 Å². The molecule has 170 valence electrons. The summed E-state index contributed by atoms with van der Waals surface area (Å²) in [6.07, 6.45) is 1.74. The molecule has 1 aromatic heterocycles. The molecule has 2 aromatic carbocycles. The highest BCUT2D eigenvalue weighted by atomic mass is 35.5. The van der Waals surface area contributed by atoms with Crippen LogP contribution in [0.5, 0.6) is 11.6 Å². The van der Waals surface area contributed by atoms with Crippen LogP contribution in [0.15, 0.2) is 54.6 Å². The van der Waals surface area contributed by atoms with E-state index in [4.69, 9.17) is 26.2 Å². The maximum atomic E-state index is 10.5. The zero-order valence-corrected chi connectivity index (χ0v) is 19.3. The minimum Gasteiger partial charge on any atom is -0.439 e. The predicted molar refractivity (Wildman–Crippen MR) is 126 cm³/mol. The smallest absolute Gasteiger partial charge is 0.227 e. The van der Waals surface area contributed by atoms with Crippen molar-refractivity contribution in [1.82, 2.24) is 14.7 Å². The van der Waals surface area contributed by atoms with E-state index in [9.17, 15) is 5.11 Å². The van der Waals surface area contributed by atoms with Crippen LogP contribution in [0.25, 0.3) is 5.69 Å². The van der Waals surface area contributed by atoms with Crippen molar-refractivity contribution >= 4 is 11.6 Å². The minimum atomic E-state index is -0.530. The lowest BCUT2D eigenvalue weighted by atomic mass is 10.2. The van der Waals surface area contributed by atoms with E-state index >= 15 is 0 Å². The fourth-order valence-corrected chi connectivity index (χ4v) is 3.96. The average Bonchev–Trinajstić information content (AvgIpc) is 3.59. The van der Waals surface area contributed by atoms with Gasteiger partial charge in [-0.25, -0.2) is 4.68 Å². The van der Waals surface area contributed by atoms with Gasteiger partial charge in [0.25, 0.3) is 0 Å². The summed E-state index contributed by atoms with van der Waals surface area (Å²) in [5.74, 6) is 1.41. The molecule has 0 radical (unpaired) electrons. The molecule has 1 unspecified atom stereocenters. The van der Waals surface area contributed by atoms with E-state index < -0.39 is 6.10 Å². The Morgan fingerprint density at radius 1 is 1.19 bits per heavy atom. The first-order valence-corrected chi connectivity index (χ1v) is 11.5. The quantitative estimate of drug-likeness (QED) is 0.441. The molecule has 1 atom stereocenters. The number of hydrogen-bond acceptors (Lipinski definition) is 5. The number of aliphatic hydroxyl groups is 1. The summed E-state index contributed by atoms with van der Waals surface area (Å²) in [7, 11) is 0. The number of para-hydroxylation sites is 1. The van der Waals surface area contributed by atoms with Crippen LogP contribution in [0.3, 0.4) is 0 Å². The van der Waals surface area contributed by atoms with Crippen LogP contribution in [-0.4, -0.2) is 51.7 Å². The van der Waals surface area contributed by atoms with Crippen LogP contribution >= 0.6 is 11.6 Å². The van der Waals surface area contributed by atoms with Gasteiger partial charge in [-0.2, -0.15) is 5.10 Å². The monoisotopic (exact) mass is 455 g/mol. The Bertz CT molecular complexity index is 1020. The van der Waals surface area contributed by atoms with E-state index in [2.05, 4.69) is 4.90 Å². The first-order chi connectivity index (χ1) is 15.5. The molecule has 0 saturated heterocycles. The molecule has 3 aromatic rings. The van der Waals surface area contributed by atoms with Gasteiger partial charge in [0, 0.05) is 30.8 Å². The van der Waals surface area contributed by atoms with Crippen LogP contribution in [0.2, 0.25) is 5.02 Å². The summed E-state index contributed by atoms with van der Waals surface area (Å²) < 4.78 is 13.6. The molecule has 1 N–H and O–H groups in total. The third-order valence-corrected chi connectivity index (χ3v) is 5.77. The van der Waals surface area contributed by atoms with Crippen LogP contribution in [0.1, 0.15) is 31.0 Å². The summed E-state index contributed by atoms with van der Waals surface area (Å²) >= 11 is 6.26. The highest BCUT2D eigenvalue weighted by Gasteiger charge is 2.32. The molecule has 4 rings (SSSR count). The van der Waals surface area contributed by atoms with Crippen LogP contribution < -0.4 is 4.74 Å². The number of halogens is 1. The van der Waals surface area contributed by atoms with Crippen LogP contribution in [0.4, 0.5) is 0 Å². The molecule has 0 aliphatic heterocycles. The molecular weight excluding hydrogens is 426 g/mol. The van der Waals surface area contributed by atoms with E-state index in [1.54, 1.807) is 0 Å². The summed E-state index contributed by atoms with van der Waals surface area (Å²) in [5, 5.41) is 15.9. The highest BCUT2D eigenvalue weighted by Crippen LogP contribution is 2.35. The maximum Gasteiger partial charge on any atom is 0.227 e.